The third kappa shape index (κ3) is 5.09. The molecular weight excluding hydrogens is 405 g/mol. The number of ether oxygens (including phenoxy) is 1. The fraction of sp³-hybridized carbons (Fsp3) is 0.421. The largest absolute Gasteiger partial charge is 0.497 e. The maximum Gasteiger partial charge on any atom is 0.425 e. The molecule has 0 spiro atoms. The predicted molar refractivity (Wildman–Crippen MR) is 102 cm³/mol. The van der Waals surface area contributed by atoms with Crippen molar-refractivity contribution in [3.63, 3.8) is 0 Å². The SMILES string of the molecule is CCN(CC(=O)Nc1cccc(OC)c1)C(=O)CC(O)(c1nccn1C)C(F)(F)F. The van der Waals surface area contributed by atoms with Crippen LogP contribution >= 0.6 is 0 Å². The summed E-state index contributed by atoms with van der Waals surface area (Å²) >= 11 is 0. The second-order valence-electron chi connectivity index (χ2n) is 6.58. The number of imidazole rings is 1. The number of aromatic nitrogens is 2. The number of aliphatic hydroxyl groups is 1. The van der Waals surface area contributed by atoms with Crippen LogP contribution in [0, 0.1) is 0 Å². The Hall–Kier alpha value is -3.08. The first-order chi connectivity index (χ1) is 14.0. The number of halogens is 3. The summed E-state index contributed by atoms with van der Waals surface area (Å²) in [5.41, 5.74) is -3.08. The minimum atomic E-state index is -5.15. The molecule has 0 aliphatic carbocycles. The number of carbonyl (C=O) groups is 2. The monoisotopic (exact) mass is 428 g/mol. The van der Waals surface area contributed by atoms with Gasteiger partial charge in [-0.05, 0) is 19.1 Å². The first-order valence-corrected chi connectivity index (χ1v) is 9.00. The number of anilines is 1. The van der Waals surface area contributed by atoms with Crippen LogP contribution in [0.25, 0.3) is 0 Å². The van der Waals surface area contributed by atoms with Crippen LogP contribution in [0.4, 0.5) is 18.9 Å². The Kier molecular flexibility index (Phi) is 7.08. The fourth-order valence-corrected chi connectivity index (χ4v) is 2.85. The Morgan fingerprint density at radius 1 is 1.33 bits per heavy atom. The van der Waals surface area contributed by atoms with Gasteiger partial charge in [-0.3, -0.25) is 9.59 Å². The average molecular weight is 428 g/mol. The maximum absolute atomic E-state index is 13.6. The van der Waals surface area contributed by atoms with E-state index in [2.05, 4.69) is 10.3 Å². The zero-order valence-electron chi connectivity index (χ0n) is 16.7. The number of hydrogen-bond acceptors (Lipinski definition) is 5. The Morgan fingerprint density at radius 2 is 2.03 bits per heavy atom. The van der Waals surface area contributed by atoms with Crippen LogP contribution in [0.1, 0.15) is 19.2 Å². The number of rotatable bonds is 8. The lowest BCUT2D eigenvalue weighted by atomic mass is 9.96. The second kappa shape index (κ2) is 9.16. The third-order valence-electron chi connectivity index (χ3n) is 4.49. The summed E-state index contributed by atoms with van der Waals surface area (Å²) in [6, 6.07) is 6.47. The molecule has 30 heavy (non-hydrogen) atoms. The molecule has 2 N–H and O–H groups in total. The Morgan fingerprint density at radius 3 is 2.57 bits per heavy atom. The molecule has 0 aliphatic rings. The number of nitrogens with zero attached hydrogens (tertiary/aromatic N) is 3. The molecule has 2 amide bonds. The van der Waals surface area contributed by atoms with Gasteiger partial charge >= 0.3 is 6.18 Å². The van der Waals surface area contributed by atoms with E-state index < -0.39 is 42.4 Å². The quantitative estimate of drug-likeness (QED) is 0.671. The van der Waals surface area contributed by atoms with Gasteiger partial charge in [0.1, 0.15) is 5.75 Å². The van der Waals surface area contributed by atoms with Crippen LogP contribution in [-0.4, -0.2) is 57.7 Å². The van der Waals surface area contributed by atoms with Crippen LogP contribution in [0.5, 0.6) is 5.75 Å². The molecule has 1 aromatic heterocycles. The summed E-state index contributed by atoms with van der Waals surface area (Å²) < 4.78 is 46.9. The molecule has 1 unspecified atom stereocenters. The number of benzene rings is 1. The van der Waals surface area contributed by atoms with E-state index >= 15 is 0 Å². The molecule has 0 fully saturated rings. The number of amides is 2. The summed E-state index contributed by atoms with van der Waals surface area (Å²) in [7, 11) is 2.74. The number of likely N-dealkylation sites (N-methyl/N-ethyl adjacent to an activating group) is 1. The normalized spacial score (nSPS) is 13.4. The smallest absolute Gasteiger partial charge is 0.425 e. The predicted octanol–water partition coefficient (Wildman–Crippen LogP) is 2.06. The fourth-order valence-electron chi connectivity index (χ4n) is 2.85. The lowest BCUT2D eigenvalue weighted by molar-refractivity contribution is -0.271. The first kappa shape index (κ1) is 23.2. The number of carbonyl (C=O) groups excluding carboxylic acids is 2. The summed E-state index contributed by atoms with van der Waals surface area (Å²) in [6.07, 6.45) is -4.13. The van der Waals surface area contributed by atoms with Gasteiger partial charge in [0.2, 0.25) is 17.4 Å². The van der Waals surface area contributed by atoms with Gasteiger partial charge in [-0.25, -0.2) is 4.98 Å². The lowest BCUT2D eigenvalue weighted by Gasteiger charge is -2.31. The van der Waals surface area contributed by atoms with Crippen molar-refractivity contribution in [1.82, 2.24) is 14.5 Å². The maximum atomic E-state index is 13.6. The summed E-state index contributed by atoms with van der Waals surface area (Å²) in [5.74, 6) is -1.85. The highest BCUT2D eigenvalue weighted by Gasteiger charge is 2.59. The van der Waals surface area contributed by atoms with Crippen LogP contribution in [0.2, 0.25) is 0 Å². The summed E-state index contributed by atoms with van der Waals surface area (Å²) in [4.78, 5) is 29.3. The van der Waals surface area contributed by atoms with E-state index in [0.29, 0.717) is 11.4 Å². The topological polar surface area (TPSA) is 96.7 Å². The standard InChI is InChI=1S/C19H23F3N4O4/c1-4-26(12-15(27)24-13-6-5-7-14(10-13)30-3)16(28)11-18(29,19(20,21)22)17-23-8-9-25(17)2/h5-10,29H,4,11-12H2,1-3H3,(H,24,27). The van der Waals surface area contributed by atoms with Crippen molar-refractivity contribution in [2.24, 2.45) is 7.05 Å². The van der Waals surface area contributed by atoms with Crippen molar-refractivity contribution in [3.8, 4) is 5.75 Å². The van der Waals surface area contributed by atoms with Crippen molar-refractivity contribution in [2.75, 3.05) is 25.5 Å². The molecule has 8 nitrogen and oxygen atoms in total. The molecule has 164 valence electrons. The average Bonchev–Trinajstić information content (AvgIpc) is 3.11. The highest BCUT2D eigenvalue weighted by Crippen LogP contribution is 2.41. The number of hydrogen-bond donors (Lipinski definition) is 2. The van der Waals surface area contributed by atoms with Crippen LogP contribution in [0.15, 0.2) is 36.7 Å². The molecule has 0 saturated heterocycles. The summed E-state index contributed by atoms with van der Waals surface area (Å²) in [6.45, 7) is 1.00. The van der Waals surface area contributed by atoms with E-state index in [1.54, 1.807) is 24.3 Å². The van der Waals surface area contributed by atoms with E-state index in [4.69, 9.17) is 4.74 Å². The second-order valence-corrected chi connectivity index (χ2v) is 6.58. The van der Waals surface area contributed by atoms with Gasteiger partial charge in [-0.1, -0.05) is 6.07 Å². The Labute approximate surface area is 171 Å². The van der Waals surface area contributed by atoms with Crippen LogP contribution in [0.3, 0.4) is 0 Å². The molecular formula is C19H23F3N4O4. The molecule has 0 bridgehead atoms. The Bertz CT molecular complexity index is 900. The number of nitrogens with one attached hydrogen (secondary N) is 1. The van der Waals surface area contributed by atoms with Gasteiger partial charge in [0, 0.05) is 37.7 Å². The molecule has 1 aromatic carbocycles. The van der Waals surface area contributed by atoms with E-state index in [1.807, 2.05) is 0 Å². The number of methoxy groups -OCH3 is 1. The van der Waals surface area contributed by atoms with Crippen molar-refractivity contribution < 1.29 is 32.6 Å². The molecule has 1 heterocycles. The van der Waals surface area contributed by atoms with Gasteiger partial charge < -0.3 is 24.6 Å². The van der Waals surface area contributed by atoms with Crippen LogP contribution in [-0.2, 0) is 22.2 Å². The number of alkyl halides is 3. The van der Waals surface area contributed by atoms with Gasteiger partial charge in [0.15, 0.2) is 5.82 Å². The first-order valence-electron chi connectivity index (χ1n) is 9.00. The highest BCUT2D eigenvalue weighted by atomic mass is 19.4. The van der Waals surface area contributed by atoms with Crippen LogP contribution < -0.4 is 10.1 Å². The van der Waals surface area contributed by atoms with E-state index in [-0.39, 0.29) is 6.54 Å². The molecule has 2 aromatic rings. The molecule has 2 rings (SSSR count). The zero-order chi connectivity index (χ0) is 22.5. The molecule has 0 radical (unpaired) electrons. The molecule has 0 aliphatic heterocycles. The number of aryl methyl sites for hydroxylation is 1. The van der Waals surface area contributed by atoms with E-state index in [0.717, 1.165) is 15.7 Å². The van der Waals surface area contributed by atoms with Crippen molar-refractivity contribution in [1.29, 1.82) is 0 Å². The van der Waals surface area contributed by atoms with E-state index in [9.17, 15) is 27.9 Å². The summed E-state index contributed by atoms with van der Waals surface area (Å²) in [5, 5.41) is 12.9. The van der Waals surface area contributed by atoms with Gasteiger partial charge in [0.25, 0.3) is 0 Å². The van der Waals surface area contributed by atoms with E-state index in [1.165, 1.54) is 27.3 Å². The molecule has 0 saturated carbocycles. The molecule has 1 atom stereocenters. The third-order valence-corrected chi connectivity index (χ3v) is 4.49. The minimum absolute atomic E-state index is 0.0289. The van der Waals surface area contributed by atoms with Crippen molar-refractivity contribution in [3.05, 3.63) is 42.5 Å². The molecule has 11 heteroatoms. The van der Waals surface area contributed by atoms with Gasteiger partial charge in [0.05, 0.1) is 20.1 Å². The minimum Gasteiger partial charge on any atom is -0.497 e. The van der Waals surface area contributed by atoms with Gasteiger partial charge in [-0.2, -0.15) is 13.2 Å². The highest BCUT2D eigenvalue weighted by molar-refractivity contribution is 5.94. The lowest BCUT2D eigenvalue weighted by Crippen LogP contribution is -2.49. The van der Waals surface area contributed by atoms with Crippen molar-refractivity contribution in [2.45, 2.75) is 25.1 Å². The van der Waals surface area contributed by atoms with Gasteiger partial charge in [-0.15, -0.1) is 0 Å². The Balaban J connectivity index is 2.14. The van der Waals surface area contributed by atoms with Crippen molar-refractivity contribution >= 4 is 17.5 Å². The zero-order valence-corrected chi connectivity index (χ0v) is 16.7.